The first-order valence-electron chi connectivity index (χ1n) is 7.25. The zero-order valence-corrected chi connectivity index (χ0v) is 13.4. The first kappa shape index (κ1) is 18.0. The Kier molecular flexibility index (Phi) is 5.82. The van der Waals surface area contributed by atoms with Crippen LogP contribution in [-0.2, 0) is 6.18 Å². The van der Waals surface area contributed by atoms with Crippen molar-refractivity contribution in [2.24, 2.45) is 0 Å². The molecule has 0 radical (unpaired) electrons. The third kappa shape index (κ3) is 3.40. The fourth-order valence-corrected chi connectivity index (χ4v) is 3.27. The normalized spacial score (nSPS) is 14.5. The largest absolute Gasteiger partial charge is 0.416 e. The van der Waals surface area contributed by atoms with E-state index in [4.69, 9.17) is 0 Å². The van der Waals surface area contributed by atoms with Gasteiger partial charge in [-0.3, -0.25) is 0 Å². The molecule has 1 aromatic rings. The molecule has 0 aliphatic heterocycles. The molecule has 2 nitrogen and oxygen atoms in total. The van der Waals surface area contributed by atoms with Gasteiger partial charge in [-0.25, -0.2) is 0 Å². The summed E-state index contributed by atoms with van der Waals surface area (Å²) >= 11 is 0. The van der Waals surface area contributed by atoms with Gasteiger partial charge in [-0.1, -0.05) is 32.0 Å². The molecule has 0 fully saturated rings. The van der Waals surface area contributed by atoms with Crippen LogP contribution in [0.1, 0.15) is 43.9 Å². The average Bonchev–Trinajstić information content (AvgIpc) is 2.43. The summed E-state index contributed by atoms with van der Waals surface area (Å²) < 4.78 is 39.9. The molecule has 1 N–H and O–H groups in total. The summed E-state index contributed by atoms with van der Waals surface area (Å²) in [7, 11) is 5.57. The molecular weight excluding hydrogens is 277 g/mol. The zero-order chi connectivity index (χ0) is 16.3. The highest BCUT2D eigenvalue weighted by atomic mass is 19.4. The Labute approximate surface area is 125 Å². The van der Waals surface area contributed by atoms with Gasteiger partial charge in [0.05, 0.1) is 11.6 Å². The number of halogens is 3. The van der Waals surface area contributed by atoms with Crippen molar-refractivity contribution in [1.29, 1.82) is 0 Å². The molecule has 1 aromatic carbocycles. The van der Waals surface area contributed by atoms with E-state index in [9.17, 15) is 13.2 Å². The van der Waals surface area contributed by atoms with Crippen LogP contribution in [0.2, 0.25) is 0 Å². The van der Waals surface area contributed by atoms with E-state index in [1.807, 2.05) is 32.8 Å². The van der Waals surface area contributed by atoms with Gasteiger partial charge in [0.1, 0.15) is 0 Å². The highest BCUT2D eigenvalue weighted by Crippen LogP contribution is 2.41. The molecule has 0 amide bonds. The van der Waals surface area contributed by atoms with Crippen LogP contribution in [0.4, 0.5) is 13.2 Å². The number of nitrogens with one attached hydrogen (secondary N) is 1. The molecule has 1 unspecified atom stereocenters. The second-order valence-corrected chi connectivity index (χ2v) is 5.51. The lowest BCUT2D eigenvalue weighted by Gasteiger charge is -2.46. The fraction of sp³-hybridized carbons (Fsp3) is 0.625. The fourth-order valence-electron chi connectivity index (χ4n) is 3.27. The quantitative estimate of drug-likeness (QED) is 0.851. The minimum atomic E-state index is -4.34. The van der Waals surface area contributed by atoms with Crippen LogP contribution < -0.4 is 5.32 Å². The summed E-state index contributed by atoms with van der Waals surface area (Å²) in [5, 5.41) is 3.11. The minimum absolute atomic E-state index is 0.310. The molecule has 0 aliphatic rings. The summed E-state index contributed by atoms with van der Waals surface area (Å²) in [5.74, 6) is 0. The van der Waals surface area contributed by atoms with Crippen molar-refractivity contribution in [3.05, 3.63) is 35.4 Å². The zero-order valence-electron chi connectivity index (χ0n) is 13.4. The van der Waals surface area contributed by atoms with E-state index in [2.05, 4.69) is 5.32 Å². The highest BCUT2D eigenvalue weighted by molar-refractivity contribution is 5.34. The van der Waals surface area contributed by atoms with E-state index in [0.29, 0.717) is 5.56 Å². The molecule has 0 heterocycles. The number of nitrogens with zero attached hydrogens (tertiary/aromatic N) is 1. The third-order valence-electron chi connectivity index (χ3n) is 4.52. The van der Waals surface area contributed by atoms with Gasteiger partial charge < -0.3 is 10.2 Å². The maximum Gasteiger partial charge on any atom is 0.416 e. The number of hydrogen-bond donors (Lipinski definition) is 1. The molecule has 0 saturated heterocycles. The van der Waals surface area contributed by atoms with Crippen molar-refractivity contribution in [3.63, 3.8) is 0 Å². The van der Waals surface area contributed by atoms with Gasteiger partial charge in [-0.05, 0) is 45.6 Å². The smallest absolute Gasteiger partial charge is 0.311 e. The van der Waals surface area contributed by atoms with Crippen molar-refractivity contribution in [2.45, 2.75) is 44.4 Å². The van der Waals surface area contributed by atoms with Crippen LogP contribution in [0, 0.1) is 0 Å². The molecule has 0 bridgehead atoms. The van der Waals surface area contributed by atoms with Gasteiger partial charge in [-0.15, -0.1) is 0 Å². The van der Waals surface area contributed by atoms with E-state index in [0.717, 1.165) is 18.9 Å². The van der Waals surface area contributed by atoms with Crippen LogP contribution in [-0.4, -0.2) is 31.6 Å². The Bertz CT molecular complexity index is 451. The number of alkyl halides is 3. The maximum atomic E-state index is 13.3. The SMILES string of the molecule is CCC(CC)(C(NC)c1ccccc1C(F)(F)F)N(C)C. The Hall–Kier alpha value is -1.07. The standard InChI is InChI=1S/C16H25F3N2/c1-6-15(7-2,21(4)5)14(20-3)12-10-8-9-11-13(12)16(17,18)19/h8-11,14,20H,6-7H2,1-5H3. The predicted molar refractivity (Wildman–Crippen MR) is 80.2 cm³/mol. The maximum absolute atomic E-state index is 13.3. The third-order valence-corrected chi connectivity index (χ3v) is 4.52. The number of benzene rings is 1. The molecule has 120 valence electrons. The Morgan fingerprint density at radius 2 is 1.62 bits per heavy atom. The first-order valence-corrected chi connectivity index (χ1v) is 7.25. The average molecular weight is 302 g/mol. The second-order valence-electron chi connectivity index (χ2n) is 5.51. The molecular formula is C16H25F3N2. The van der Waals surface area contributed by atoms with E-state index in [1.165, 1.54) is 6.07 Å². The van der Waals surface area contributed by atoms with E-state index in [1.54, 1.807) is 19.2 Å². The molecule has 0 spiro atoms. The molecule has 1 atom stereocenters. The Balaban J connectivity index is 3.47. The van der Waals surface area contributed by atoms with Crippen LogP contribution >= 0.6 is 0 Å². The minimum Gasteiger partial charge on any atom is -0.311 e. The van der Waals surface area contributed by atoms with Crippen LogP contribution in [0.5, 0.6) is 0 Å². The molecule has 21 heavy (non-hydrogen) atoms. The van der Waals surface area contributed by atoms with Gasteiger partial charge in [0, 0.05) is 5.54 Å². The van der Waals surface area contributed by atoms with Crippen molar-refractivity contribution >= 4 is 0 Å². The Morgan fingerprint density at radius 3 is 2.00 bits per heavy atom. The molecule has 0 aromatic heterocycles. The van der Waals surface area contributed by atoms with Crippen LogP contribution in [0.15, 0.2) is 24.3 Å². The van der Waals surface area contributed by atoms with E-state index in [-0.39, 0.29) is 11.6 Å². The van der Waals surface area contributed by atoms with Crippen molar-refractivity contribution in [1.82, 2.24) is 10.2 Å². The first-order chi connectivity index (χ1) is 9.74. The van der Waals surface area contributed by atoms with E-state index < -0.39 is 11.7 Å². The van der Waals surface area contributed by atoms with Gasteiger partial charge in [0.2, 0.25) is 0 Å². The molecule has 0 aliphatic carbocycles. The van der Waals surface area contributed by atoms with Gasteiger partial charge in [-0.2, -0.15) is 13.2 Å². The molecule has 1 rings (SSSR count). The number of likely N-dealkylation sites (N-methyl/N-ethyl adjacent to an activating group) is 2. The summed E-state index contributed by atoms with van der Waals surface area (Å²) in [6, 6.07) is 5.45. The summed E-state index contributed by atoms with van der Waals surface area (Å²) in [6.07, 6.45) is -2.83. The molecule has 5 heteroatoms. The molecule has 0 saturated carbocycles. The second kappa shape index (κ2) is 6.79. The summed E-state index contributed by atoms with van der Waals surface area (Å²) in [5.41, 5.74) is -0.613. The van der Waals surface area contributed by atoms with E-state index >= 15 is 0 Å². The summed E-state index contributed by atoms with van der Waals surface area (Å²) in [6.45, 7) is 4.04. The lowest BCUT2D eigenvalue weighted by atomic mass is 9.78. The lowest BCUT2D eigenvalue weighted by molar-refractivity contribution is -0.138. The van der Waals surface area contributed by atoms with Gasteiger partial charge >= 0.3 is 6.18 Å². The van der Waals surface area contributed by atoms with Crippen molar-refractivity contribution in [3.8, 4) is 0 Å². The lowest BCUT2D eigenvalue weighted by Crippen LogP contribution is -2.52. The topological polar surface area (TPSA) is 15.3 Å². The number of rotatable bonds is 6. The predicted octanol–water partition coefficient (Wildman–Crippen LogP) is 4.09. The number of hydrogen-bond acceptors (Lipinski definition) is 2. The van der Waals surface area contributed by atoms with Crippen molar-refractivity contribution < 1.29 is 13.2 Å². The van der Waals surface area contributed by atoms with Gasteiger partial charge in [0.15, 0.2) is 0 Å². The van der Waals surface area contributed by atoms with Crippen LogP contribution in [0.25, 0.3) is 0 Å². The highest BCUT2D eigenvalue weighted by Gasteiger charge is 2.42. The van der Waals surface area contributed by atoms with Crippen molar-refractivity contribution in [2.75, 3.05) is 21.1 Å². The monoisotopic (exact) mass is 302 g/mol. The van der Waals surface area contributed by atoms with Gasteiger partial charge in [0.25, 0.3) is 0 Å². The Morgan fingerprint density at radius 1 is 1.10 bits per heavy atom. The van der Waals surface area contributed by atoms with Crippen LogP contribution in [0.3, 0.4) is 0 Å². The summed E-state index contributed by atoms with van der Waals surface area (Å²) in [4.78, 5) is 2.03.